The smallest absolute Gasteiger partial charge is 0.338 e. The van der Waals surface area contributed by atoms with Crippen LogP contribution in [0.15, 0.2) is 34.9 Å². The lowest BCUT2D eigenvalue weighted by molar-refractivity contribution is 0.0696. The molecule has 6 heteroatoms. The Morgan fingerprint density at radius 2 is 2.22 bits per heavy atom. The maximum atomic E-state index is 13.1. The van der Waals surface area contributed by atoms with Crippen molar-refractivity contribution in [2.75, 3.05) is 5.32 Å². The molecule has 0 bridgehead atoms. The van der Waals surface area contributed by atoms with Gasteiger partial charge in [-0.25, -0.2) is 9.18 Å². The van der Waals surface area contributed by atoms with E-state index in [0.29, 0.717) is 11.4 Å². The molecule has 2 rings (SSSR count). The van der Waals surface area contributed by atoms with Crippen LogP contribution >= 0.6 is 11.6 Å². The van der Waals surface area contributed by atoms with Crippen LogP contribution in [-0.2, 0) is 6.54 Å². The van der Waals surface area contributed by atoms with Crippen LogP contribution in [-0.4, -0.2) is 11.1 Å². The Morgan fingerprint density at radius 3 is 2.83 bits per heavy atom. The van der Waals surface area contributed by atoms with E-state index < -0.39 is 11.8 Å². The predicted molar refractivity (Wildman–Crippen MR) is 64.4 cm³/mol. The second-order valence-corrected chi connectivity index (χ2v) is 4.00. The van der Waals surface area contributed by atoms with Crippen molar-refractivity contribution in [2.45, 2.75) is 6.54 Å². The first-order chi connectivity index (χ1) is 8.56. The monoisotopic (exact) mass is 269 g/mol. The molecule has 0 saturated heterocycles. The fraction of sp³-hybridized carbons (Fsp3) is 0.0833. The van der Waals surface area contributed by atoms with Gasteiger partial charge < -0.3 is 14.8 Å². The van der Waals surface area contributed by atoms with Gasteiger partial charge >= 0.3 is 5.97 Å². The van der Waals surface area contributed by atoms with Crippen molar-refractivity contribution in [1.82, 2.24) is 0 Å². The van der Waals surface area contributed by atoms with Gasteiger partial charge in [0.15, 0.2) is 0 Å². The minimum absolute atomic E-state index is 0.0479. The number of carbonyl (C=O) groups is 1. The van der Waals surface area contributed by atoms with E-state index >= 15 is 0 Å². The first-order valence-electron chi connectivity index (χ1n) is 5.06. The average Bonchev–Trinajstić information content (AvgIpc) is 2.79. The highest BCUT2D eigenvalue weighted by molar-refractivity contribution is 6.30. The van der Waals surface area contributed by atoms with Crippen LogP contribution in [0.5, 0.6) is 0 Å². The maximum absolute atomic E-state index is 13.1. The lowest BCUT2D eigenvalue weighted by atomic mass is 10.3. The summed E-state index contributed by atoms with van der Waals surface area (Å²) >= 11 is 5.55. The molecule has 0 radical (unpaired) electrons. The zero-order valence-corrected chi connectivity index (χ0v) is 9.87. The Hall–Kier alpha value is -2.01. The van der Waals surface area contributed by atoms with E-state index in [-0.39, 0.29) is 17.1 Å². The highest BCUT2D eigenvalue weighted by atomic mass is 35.5. The summed E-state index contributed by atoms with van der Waals surface area (Å²) in [5.41, 5.74) is 0.610. The third kappa shape index (κ3) is 2.81. The summed E-state index contributed by atoms with van der Waals surface area (Å²) in [7, 11) is 0. The van der Waals surface area contributed by atoms with E-state index in [1.54, 1.807) is 6.07 Å². The van der Waals surface area contributed by atoms with Crippen LogP contribution in [0, 0.1) is 5.82 Å². The van der Waals surface area contributed by atoms with Gasteiger partial charge in [0.2, 0.25) is 0 Å². The highest BCUT2D eigenvalue weighted by Gasteiger charge is 2.08. The Bertz CT molecular complexity index is 582. The van der Waals surface area contributed by atoms with E-state index in [4.69, 9.17) is 21.1 Å². The van der Waals surface area contributed by atoms with E-state index in [9.17, 15) is 9.18 Å². The van der Waals surface area contributed by atoms with E-state index in [1.807, 2.05) is 0 Å². The third-order valence-corrected chi connectivity index (χ3v) is 2.59. The molecule has 0 aliphatic heterocycles. The molecule has 0 amide bonds. The molecular weight excluding hydrogens is 261 g/mol. The fourth-order valence-corrected chi connectivity index (χ4v) is 1.50. The second-order valence-electron chi connectivity index (χ2n) is 3.59. The summed E-state index contributed by atoms with van der Waals surface area (Å²) in [6.07, 6.45) is 1.15. The molecule has 1 aromatic carbocycles. The molecule has 0 spiro atoms. The number of nitrogens with one attached hydrogen (secondary N) is 1. The number of anilines is 1. The fourth-order valence-electron chi connectivity index (χ4n) is 1.38. The molecule has 2 aromatic rings. The molecule has 1 heterocycles. The number of hydrogen-bond acceptors (Lipinski definition) is 3. The van der Waals surface area contributed by atoms with Crippen molar-refractivity contribution < 1.29 is 18.7 Å². The molecule has 2 N–H and O–H groups in total. The van der Waals surface area contributed by atoms with Crippen molar-refractivity contribution in [3.05, 3.63) is 52.7 Å². The zero-order valence-electron chi connectivity index (χ0n) is 9.11. The lowest BCUT2D eigenvalue weighted by Crippen LogP contribution is -1.99. The van der Waals surface area contributed by atoms with Gasteiger partial charge in [-0.15, -0.1) is 0 Å². The minimum Gasteiger partial charge on any atom is -0.478 e. The Kier molecular flexibility index (Phi) is 3.53. The summed E-state index contributed by atoms with van der Waals surface area (Å²) in [5.74, 6) is -1.13. The Balaban J connectivity index is 2.02. The first kappa shape index (κ1) is 12.4. The summed E-state index contributed by atoms with van der Waals surface area (Å²) in [6.45, 7) is 0.258. The maximum Gasteiger partial charge on any atom is 0.338 e. The number of carboxylic acids is 1. The number of carboxylic acid groups (broad SMARTS) is 1. The van der Waals surface area contributed by atoms with Crippen LogP contribution in [0.2, 0.25) is 5.02 Å². The topological polar surface area (TPSA) is 62.5 Å². The van der Waals surface area contributed by atoms with Crippen molar-refractivity contribution in [2.24, 2.45) is 0 Å². The normalized spacial score (nSPS) is 10.3. The van der Waals surface area contributed by atoms with Crippen LogP contribution in [0.4, 0.5) is 10.1 Å². The molecule has 94 valence electrons. The zero-order chi connectivity index (χ0) is 13.1. The number of benzene rings is 1. The molecule has 0 atom stereocenters. The van der Waals surface area contributed by atoms with Crippen LogP contribution < -0.4 is 5.32 Å². The molecule has 0 fully saturated rings. The van der Waals surface area contributed by atoms with E-state index in [2.05, 4.69) is 5.32 Å². The summed E-state index contributed by atoms with van der Waals surface area (Å²) < 4.78 is 18.2. The summed E-state index contributed by atoms with van der Waals surface area (Å²) in [5, 5.41) is 11.6. The largest absolute Gasteiger partial charge is 0.478 e. The quantitative estimate of drug-likeness (QED) is 0.893. The Labute approximate surface area is 107 Å². The Morgan fingerprint density at radius 1 is 1.44 bits per heavy atom. The average molecular weight is 270 g/mol. The van der Waals surface area contributed by atoms with Crippen molar-refractivity contribution in [1.29, 1.82) is 0 Å². The number of halogens is 2. The predicted octanol–water partition coefficient (Wildman–Crippen LogP) is 3.38. The van der Waals surface area contributed by atoms with E-state index in [1.165, 1.54) is 18.2 Å². The van der Waals surface area contributed by atoms with E-state index in [0.717, 1.165) is 6.26 Å². The highest BCUT2D eigenvalue weighted by Crippen LogP contribution is 2.19. The second kappa shape index (κ2) is 5.10. The molecule has 4 nitrogen and oxygen atoms in total. The van der Waals surface area contributed by atoms with Gasteiger partial charge in [0.1, 0.15) is 17.8 Å². The van der Waals surface area contributed by atoms with Gasteiger partial charge in [-0.2, -0.15) is 0 Å². The number of furan rings is 1. The van der Waals surface area contributed by atoms with Gasteiger partial charge in [0.05, 0.1) is 17.1 Å². The van der Waals surface area contributed by atoms with Gasteiger partial charge in [-0.1, -0.05) is 11.6 Å². The van der Waals surface area contributed by atoms with Gasteiger partial charge in [-0.05, 0) is 24.3 Å². The summed E-state index contributed by atoms with van der Waals surface area (Å²) in [4.78, 5) is 10.6. The number of aromatic carboxylic acids is 1. The minimum atomic E-state index is -1.05. The first-order valence-corrected chi connectivity index (χ1v) is 5.43. The standard InChI is InChI=1S/C12H9ClFNO3/c13-10-2-1-8(4-11(10)14)15-5-9-3-7(6-18-9)12(16)17/h1-4,6,15H,5H2,(H,16,17). The SMILES string of the molecule is O=C(O)c1coc(CNc2ccc(Cl)c(F)c2)c1. The van der Waals surface area contributed by atoms with Gasteiger partial charge in [0.25, 0.3) is 0 Å². The van der Waals surface area contributed by atoms with Gasteiger partial charge in [0, 0.05) is 5.69 Å². The van der Waals surface area contributed by atoms with Crippen molar-refractivity contribution >= 4 is 23.3 Å². The lowest BCUT2D eigenvalue weighted by Gasteiger charge is -2.04. The molecule has 0 aliphatic carbocycles. The molecule has 0 aliphatic rings. The van der Waals surface area contributed by atoms with Crippen LogP contribution in [0.1, 0.15) is 16.1 Å². The van der Waals surface area contributed by atoms with Crippen LogP contribution in [0.25, 0.3) is 0 Å². The van der Waals surface area contributed by atoms with Crippen molar-refractivity contribution in [3.8, 4) is 0 Å². The molecule has 0 saturated carbocycles. The molecular formula is C12H9ClFNO3. The molecule has 1 aromatic heterocycles. The van der Waals surface area contributed by atoms with Crippen LogP contribution in [0.3, 0.4) is 0 Å². The summed E-state index contributed by atoms with van der Waals surface area (Å²) in [6, 6.07) is 5.71. The third-order valence-electron chi connectivity index (χ3n) is 2.29. The van der Waals surface area contributed by atoms with Gasteiger partial charge in [-0.3, -0.25) is 0 Å². The van der Waals surface area contributed by atoms with Crippen molar-refractivity contribution in [3.63, 3.8) is 0 Å². The number of rotatable bonds is 4. The number of hydrogen-bond donors (Lipinski definition) is 2. The molecule has 0 unspecified atom stereocenters. The molecule has 18 heavy (non-hydrogen) atoms.